The molecule has 0 aromatic heterocycles. The van der Waals surface area contributed by atoms with Gasteiger partial charge in [-0.15, -0.1) is 0 Å². The first-order valence-corrected chi connectivity index (χ1v) is 8.79. The third-order valence-corrected chi connectivity index (χ3v) is 4.38. The lowest BCUT2D eigenvalue weighted by atomic mass is 9.89. The zero-order valence-electron chi connectivity index (χ0n) is 14.9. The number of benzene rings is 2. The summed E-state index contributed by atoms with van der Waals surface area (Å²) in [5.74, 6) is -0.926. The highest BCUT2D eigenvalue weighted by Gasteiger charge is 2.29. The van der Waals surface area contributed by atoms with E-state index in [1.54, 1.807) is 6.07 Å². The average molecular weight is 392 g/mol. The summed E-state index contributed by atoms with van der Waals surface area (Å²) in [5, 5.41) is 5.38. The lowest BCUT2D eigenvalue weighted by Crippen LogP contribution is -2.30. The molecule has 2 N–H and O–H groups in total. The summed E-state index contributed by atoms with van der Waals surface area (Å²) >= 11 is 0. The number of hydrogen-bond donors (Lipinski definition) is 2. The van der Waals surface area contributed by atoms with Gasteiger partial charge in [-0.3, -0.25) is 9.59 Å². The van der Waals surface area contributed by atoms with E-state index in [2.05, 4.69) is 10.6 Å². The topological polar surface area (TPSA) is 67.4 Å². The lowest BCUT2D eigenvalue weighted by molar-refractivity contribution is -0.153. The Labute approximate surface area is 159 Å². The van der Waals surface area contributed by atoms with Crippen LogP contribution >= 0.6 is 0 Å². The predicted octanol–water partition coefficient (Wildman–Crippen LogP) is 4.16. The Bertz CT molecular complexity index is 868. The summed E-state index contributed by atoms with van der Waals surface area (Å²) in [6.07, 6.45) is -3.53. The molecular weight excluding hydrogens is 373 g/mol. The molecule has 1 aliphatic heterocycles. The highest BCUT2D eigenvalue weighted by Crippen LogP contribution is 2.29. The first-order chi connectivity index (χ1) is 13.3. The fourth-order valence-corrected chi connectivity index (χ4v) is 3.02. The third-order valence-electron chi connectivity index (χ3n) is 4.38. The molecule has 0 spiro atoms. The summed E-state index contributed by atoms with van der Waals surface area (Å²) in [6, 6.07) is 13.4. The van der Waals surface area contributed by atoms with Gasteiger partial charge in [-0.05, 0) is 36.6 Å². The Morgan fingerprint density at radius 2 is 1.86 bits per heavy atom. The van der Waals surface area contributed by atoms with Crippen LogP contribution in [0.4, 0.5) is 24.5 Å². The Morgan fingerprint density at radius 3 is 2.64 bits per heavy atom. The van der Waals surface area contributed by atoms with Gasteiger partial charge in [-0.25, -0.2) is 0 Å². The van der Waals surface area contributed by atoms with E-state index in [0.717, 1.165) is 11.3 Å². The van der Waals surface area contributed by atoms with E-state index >= 15 is 0 Å². The second-order valence-corrected chi connectivity index (χ2v) is 6.53. The van der Waals surface area contributed by atoms with E-state index < -0.39 is 18.7 Å². The van der Waals surface area contributed by atoms with Crippen molar-refractivity contribution in [3.8, 4) is 5.75 Å². The number of nitrogens with one attached hydrogen (secondary N) is 2. The van der Waals surface area contributed by atoms with Crippen LogP contribution in [-0.2, 0) is 16.0 Å². The van der Waals surface area contributed by atoms with Crippen molar-refractivity contribution in [3.63, 3.8) is 0 Å². The molecule has 5 nitrogen and oxygen atoms in total. The van der Waals surface area contributed by atoms with Gasteiger partial charge >= 0.3 is 6.18 Å². The molecule has 0 unspecified atom stereocenters. The normalized spacial score (nSPS) is 16.1. The van der Waals surface area contributed by atoms with Gasteiger partial charge in [0.1, 0.15) is 5.75 Å². The van der Waals surface area contributed by atoms with Crippen molar-refractivity contribution in [1.29, 1.82) is 0 Å². The van der Waals surface area contributed by atoms with Crippen LogP contribution in [0.5, 0.6) is 5.75 Å². The molecule has 1 heterocycles. The number of carbonyl (C=O) groups excluding carboxylic acids is 2. The monoisotopic (exact) mass is 392 g/mol. The van der Waals surface area contributed by atoms with E-state index in [9.17, 15) is 22.8 Å². The first-order valence-electron chi connectivity index (χ1n) is 8.79. The highest BCUT2D eigenvalue weighted by molar-refractivity contribution is 5.97. The number of anilines is 2. The molecule has 8 heteroatoms. The predicted molar refractivity (Wildman–Crippen MR) is 98.1 cm³/mol. The molecule has 0 fully saturated rings. The van der Waals surface area contributed by atoms with Crippen molar-refractivity contribution < 1.29 is 27.5 Å². The van der Waals surface area contributed by atoms with Gasteiger partial charge in [0.2, 0.25) is 11.8 Å². The molecule has 3 rings (SSSR count). The molecule has 0 radical (unpaired) electrons. The van der Waals surface area contributed by atoms with Gasteiger partial charge in [-0.2, -0.15) is 13.2 Å². The van der Waals surface area contributed by atoms with Crippen LogP contribution in [0.2, 0.25) is 0 Å². The largest absolute Gasteiger partial charge is 0.482 e. The maximum absolute atomic E-state index is 12.4. The number of amides is 2. The minimum absolute atomic E-state index is 0.0579. The lowest BCUT2D eigenvalue weighted by Gasteiger charge is -2.24. The number of hydrogen-bond acceptors (Lipinski definition) is 3. The zero-order valence-corrected chi connectivity index (χ0v) is 14.9. The minimum atomic E-state index is -4.47. The average Bonchev–Trinajstić information content (AvgIpc) is 2.65. The molecule has 1 atom stereocenters. The van der Waals surface area contributed by atoms with Crippen molar-refractivity contribution in [2.24, 2.45) is 5.92 Å². The van der Waals surface area contributed by atoms with Gasteiger partial charge in [0, 0.05) is 18.0 Å². The summed E-state index contributed by atoms with van der Waals surface area (Å²) in [4.78, 5) is 24.4. The summed E-state index contributed by atoms with van der Waals surface area (Å²) in [6.45, 7) is -1.44. The minimum Gasteiger partial charge on any atom is -0.482 e. The quantitative estimate of drug-likeness (QED) is 0.776. The Kier molecular flexibility index (Phi) is 5.87. The smallest absolute Gasteiger partial charge is 0.422 e. The van der Waals surface area contributed by atoms with Crippen LogP contribution in [-0.4, -0.2) is 24.6 Å². The first kappa shape index (κ1) is 19.7. The molecule has 2 aromatic carbocycles. The summed E-state index contributed by atoms with van der Waals surface area (Å²) in [7, 11) is 0. The Morgan fingerprint density at radius 1 is 1.14 bits per heavy atom. The molecule has 0 bridgehead atoms. The van der Waals surface area contributed by atoms with Crippen LogP contribution in [0.1, 0.15) is 18.4 Å². The number of ether oxygens (including phenoxy) is 1. The number of rotatable bonds is 6. The molecular formula is C20H19F3N2O3. The Balaban J connectivity index is 1.56. The van der Waals surface area contributed by atoms with Crippen molar-refractivity contribution in [3.05, 3.63) is 54.1 Å². The van der Waals surface area contributed by atoms with E-state index in [-0.39, 0.29) is 29.7 Å². The Hall–Kier alpha value is -3.03. The molecule has 28 heavy (non-hydrogen) atoms. The van der Waals surface area contributed by atoms with E-state index in [1.165, 1.54) is 18.2 Å². The maximum Gasteiger partial charge on any atom is 0.422 e. The third kappa shape index (κ3) is 5.25. The van der Waals surface area contributed by atoms with Crippen molar-refractivity contribution >= 4 is 23.2 Å². The number of para-hydroxylation sites is 3. The fraction of sp³-hybridized carbons (Fsp3) is 0.300. The second-order valence-electron chi connectivity index (χ2n) is 6.53. The molecule has 0 aliphatic carbocycles. The van der Waals surface area contributed by atoms with E-state index in [4.69, 9.17) is 4.74 Å². The van der Waals surface area contributed by atoms with Crippen LogP contribution < -0.4 is 15.4 Å². The summed E-state index contributed by atoms with van der Waals surface area (Å²) in [5.41, 5.74) is 1.96. The number of halogens is 3. The maximum atomic E-state index is 12.4. The highest BCUT2D eigenvalue weighted by atomic mass is 19.4. The van der Waals surface area contributed by atoms with Gasteiger partial charge in [-0.1, -0.05) is 30.3 Å². The van der Waals surface area contributed by atoms with Crippen molar-refractivity contribution in [2.45, 2.75) is 25.4 Å². The van der Waals surface area contributed by atoms with Gasteiger partial charge in [0.15, 0.2) is 6.61 Å². The molecule has 2 amide bonds. The number of carbonyl (C=O) groups is 2. The van der Waals surface area contributed by atoms with Gasteiger partial charge in [0.25, 0.3) is 0 Å². The molecule has 148 valence electrons. The van der Waals surface area contributed by atoms with Crippen molar-refractivity contribution in [1.82, 2.24) is 0 Å². The van der Waals surface area contributed by atoms with Crippen LogP contribution in [0.25, 0.3) is 0 Å². The number of fused-ring (bicyclic) bond motifs is 1. The van der Waals surface area contributed by atoms with Gasteiger partial charge in [0.05, 0.1) is 5.69 Å². The van der Waals surface area contributed by atoms with Crippen LogP contribution in [0.3, 0.4) is 0 Å². The van der Waals surface area contributed by atoms with Crippen LogP contribution in [0.15, 0.2) is 48.5 Å². The van der Waals surface area contributed by atoms with Gasteiger partial charge < -0.3 is 15.4 Å². The van der Waals surface area contributed by atoms with E-state index in [1.807, 2.05) is 24.3 Å². The number of alkyl halides is 3. The zero-order chi connectivity index (χ0) is 20.1. The molecule has 0 saturated heterocycles. The second kappa shape index (κ2) is 8.33. The molecule has 0 saturated carbocycles. The van der Waals surface area contributed by atoms with Crippen molar-refractivity contribution in [2.75, 3.05) is 17.2 Å². The molecule has 2 aromatic rings. The molecule has 1 aliphatic rings. The fourth-order valence-electron chi connectivity index (χ4n) is 3.02. The standard InChI is InChI=1S/C20H19F3N2O3/c21-20(22,23)12-28-17-8-4-3-7-16(17)24-18(26)10-9-14-11-13-5-1-2-6-15(13)25-19(14)27/h1-8,14H,9-12H2,(H,24,26)(H,25,27)/t14-/m0/s1. The van der Waals surface area contributed by atoms with E-state index in [0.29, 0.717) is 12.8 Å². The van der Waals surface area contributed by atoms with Crippen LogP contribution in [0, 0.1) is 5.92 Å². The summed E-state index contributed by atoms with van der Waals surface area (Å²) < 4.78 is 41.8. The SMILES string of the molecule is O=C(CC[C@H]1Cc2ccccc2NC1=O)Nc1ccccc1OCC(F)(F)F.